The summed E-state index contributed by atoms with van der Waals surface area (Å²) in [6, 6.07) is 7.72. The van der Waals surface area contributed by atoms with E-state index < -0.39 is 0 Å². The highest BCUT2D eigenvalue weighted by atomic mass is 16.5. The van der Waals surface area contributed by atoms with Gasteiger partial charge in [-0.2, -0.15) is 0 Å². The van der Waals surface area contributed by atoms with Crippen LogP contribution in [0.2, 0.25) is 0 Å². The van der Waals surface area contributed by atoms with Gasteiger partial charge in [0, 0.05) is 13.0 Å². The lowest BCUT2D eigenvalue weighted by Gasteiger charge is -2.62. The Morgan fingerprint density at radius 1 is 1.00 bits per heavy atom. The van der Waals surface area contributed by atoms with E-state index in [1.54, 1.807) is 0 Å². The van der Waals surface area contributed by atoms with Crippen molar-refractivity contribution in [3.8, 4) is 0 Å². The van der Waals surface area contributed by atoms with Gasteiger partial charge in [0.05, 0.1) is 11.1 Å². The van der Waals surface area contributed by atoms with Crippen LogP contribution in [0.5, 0.6) is 0 Å². The second-order valence-corrected chi connectivity index (χ2v) is 13.3. The quantitative estimate of drug-likeness (QED) is 0.496. The van der Waals surface area contributed by atoms with Gasteiger partial charge in [0.25, 0.3) is 0 Å². The van der Waals surface area contributed by atoms with Crippen molar-refractivity contribution in [2.45, 2.75) is 97.1 Å². The molecular weight excluding hydrogens is 434 g/mol. The normalized spacial score (nSPS) is 43.9. The average molecular weight is 478 g/mol. The van der Waals surface area contributed by atoms with Gasteiger partial charge in [-0.3, -0.25) is 4.79 Å². The number of nitrogens with zero attached hydrogens (tertiary/aromatic N) is 3. The van der Waals surface area contributed by atoms with E-state index in [2.05, 4.69) is 31.1 Å². The molecule has 1 aromatic heterocycles. The molecule has 4 fully saturated rings. The molecular formula is C30H43N3O2. The highest BCUT2D eigenvalue weighted by molar-refractivity contribution is 5.87. The highest BCUT2D eigenvalue weighted by Crippen LogP contribution is 2.68. The Morgan fingerprint density at radius 2 is 1.77 bits per heavy atom. The lowest BCUT2D eigenvalue weighted by molar-refractivity contribution is -0.157. The Balaban J connectivity index is 1.23. The van der Waals surface area contributed by atoms with Gasteiger partial charge in [0.2, 0.25) is 0 Å². The minimum absolute atomic E-state index is 0.0622. The molecule has 0 amide bonds. The van der Waals surface area contributed by atoms with Crippen LogP contribution in [0.3, 0.4) is 0 Å². The van der Waals surface area contributed by atoms with E-state index in [-0.39, 0.29) is 23.0 Å². The van der Waals surface area contributed by atoms with Crippen LogP contribution in [-0.2, 0) is 9.53 Å². The van der Waals surface area contributed by atoms with E-state index in [0.29, 0.717) is 17.1 Å². The number of methoxy groups -OCH3 is 1. The first-order chi connectivity index (χ1) is 16.7. The molecule has 2 aromatic rings. The van der Waals surface area contributed by atoms with E-state index in [4.69, 9.17) is 4.74 Å². The summed E-state index contributed by atoms with van der Waals surface area (Å²) in [5, 5.41) is 8.70. The fourth-order valence-corrected chi connectivity index (χ4v) is 9.65. The lowest BCUT2D eigenvalue weighted by atomic mass is 9.44. The van der Waals surface area contributed by atoms with Gasteiger partial charge in [-0.15, -0.1) is 5.10 Å². The number of benzene rings is 1. The maximum atomic E-state index is 14.0. The minimum Gasteiger partial charge on any atom is -0.379 e. The van der Waals surface area contributed by atoms with Gasteiger partial charge in [-0.1, -0.05) is 31.2 Å². The first-order valence-corrected chi connectivity index (χ1v) is 14.1. The molecule has 4 aliphatic carbocycles. The van der Waals surface area contributed by atoms with E-state index in [0.717, 1.165) is 35.2 Å². The fraction of sp³-hybridized carbons (Fsp3) is 0.767. The molecule has 4 aliphatic rings. The molecule has 0 saturated heterocycles. The van der Waals surface area contributed by atoms with Crippen LogP contribution in [0, 0.1) is 40.4 Å². The SMILES string of the molecule is CO[C@]1(C)CC[C@@]2(C)[C@H](CC[C@@H]3[C@@H]2CC[C@]2(C)[C@@H](C(=O)[C@H](C)n4nnc5ccccc54)CC[C@@H]32)C1. The van der Waals surface area contributed by atoms with Crippen LogP contribution in [0.4, 0.5) is 0 Å². The molecule has 5 heteroatoms. The number of rotatable bonds is 4. The van der Waals surface area contributed by atoms with Crippen molar-refractivity contribution in [2.75, 3.05) is 7.11 Å². The van der Waals surface area contributed by atoms with Crippen LogP contribution in [0.25, 0.3) is 11.0 Å². The number of fused-ring (bicyclic) bond motifs is 6. The van der Waals surface area contributed by atoms with Crippen molar-refractivity contribution in [1.82, 2.24) is 15.0 Å². The number of para-hydroxylation sites is 1. The third-order valence-corrected chi connectivity index (χ3v) is 11.9. The molecule has 35 heavy (non-hydrogen) atoms. The molecule has 190 valence electrons. The molecule has 0 unspecified atom stereocenters. The van der Waals surface area contributed by atoms with Crippen molar-refractivity contribution < 1.29 is 9.53 Å². The summed E-state index contributed by atoms with van der Waals surface area (Å²) >= 11 is 0. The van der Waals surface area contributed by atoms with Gasteiger partial charge in [0.15, 0.2) is 5.78 Å². The third-order valence-electron chi connectivity index (χ3n) is 11.9. The minimum atomic E-state index is -0.265. The fourth-order valence-electron chi connectivity index (χ4n) is 9.65. The summed E-state index contributed by atoms with van der Waals surface area (Å²) in [4.78, 5) is 14.0. The van der Waals surface area contributed by atoms with Crippen molar-refractivity contribution >= 4 is 16.8 Å². The zero-order valence-corrected chi connectivity index (χ0v) is 22.3. The molecule has 0 aliphatic heterocycles. The van der Waals surface area contributed by atoms with Gasteiger partial charge < -0.3 is 4.74 Å². The number of hydrogen-bond acceptors (Lipinski definition) is 4. The van der Waals surface area contributed by atoms with Crippen LogP contribution in [0.15, 0.2) is 24.3 Å². The lowest BCUT2D eigenvalue weighted by Crippen LogP contribution is -2.56. The molecule has 0 bridgehead atoms. The molecule has 1 heterocycles. The molecule has 0 radical (unpaired) electrons. The molecule has 1 aromatic carbocycles. The Bertz CT molecular complexity index is 1130. The summed E-state index contributed by atoms with van der Waals surface area (Å²) in [6.45, 7) is 9.44. The summed E-state index contributed by atoms with van der Waals surface area (Å²) in [7, 11) is 1.90. The van der Waals surface area contributed by atoms with Gasteiger partial charge in [0.1, 0.15) is 11.6 Å². The zero-order valence-electron chi connectivity index (χ0n) is 22.3. The maximum Gasteiger partial charge on any atom is 0.160 e. The van der Waals surface area contributed by atoms with E-state index >= 15 is 0 Å². The molecule has 0 N–H and O–H groups in total. The average Bonchev–Trinajstić information content (AvgIpc) is 3.44. The van der Waals surface area contributed by atoms with Crippen LogP contribution in [-0.4, -0.2) is 33.5 Å². The number of ketones is 1. The van der Waals surface area contributed by atoms with Crippen molar-refractivity contribution in [3.05, 3.63) is 24.3 Å². The van der Waals surface area contributed by atoms with Crippen molar-refractivity contribution in [1.29, 1.82) is 0 Å². The summed E-state index contributed by atoms with van der Waals surface area (Å²) < 4.78 is 7.83. The number of carbonyl (C=O) groups excluding carboxylic acids is 1. The third kappa shape index (κ3) is 3.39. The number of ether oxygens (including phenoxy) is 1. The molecule has 6 rings (SSSR count). The Hall–Kier alpha value is -1.75. The molecule has 4 saturated carbocycles. The number of Topliss-reactive ketones (excluding diaryl/α,β-unsaturated/α-hetero) is 1. The van der Waals surface area contributed by atoms with Crippen molar-refractivity contribution in [2.24, 2.45) is 40.4 Å². The Labute approximate surface area is 210 Å². The van der Waals surface area contributed by atoms with Gasteiger partial charge in [-0.05, 0) is 118 Å². The number of hydrogen-bond donors (Lipinski definition) is 0. The molecule has 5 nitrogen and oxygen atoms in total. The maximum absolute atomic E-state index is 14.0. The van der Waals surface area contributed by atoms with E-state index in [1.807, 2.05) is 43.0 Å². The monoisotopic (exact) mass is 477 g/mol. The Morgan fingerprint density at radius 3 is 2.57 bits per heavy atom. The predicted molar refractivity (Wildman–Crippen MR) is 138 cm³/mol. The van der Waals surface area contributed by atoms with Gasteiger partial charge >= 0.3 is 0 Å². The van der Waals surface area contributed by atoms with Crippen LogP contribution in [0.1, 0.15) is 91.5 Å². The standard InChI is InChI=1S/C30H43N3O2/c1-19(33-26-9-7-6-8-25(26)31-32-33)27(34)24-13-12-22-21-11-10-20-18-28(2,35-5)16-17-29(20,3)23(21)14-15-30(22,24)4/h6-9,19-24H,10-18H2,1-5H3/t19-,20+,21-,22-,23-,24+,28+,29-,30-/m0/s1. The highest BCUT2D eigenvalue weighted by Gasteiger charge is 2.62. The predicted octanol–water partition coefficient (Wildman–Crippen LogP) is 6.63. The zero-order chi connectivity index (χ0) is 24.6. The second kappa shape index (κ2) is 8.13. The first kappa shape index (κ1) is 23.6. The van der Waals surface area contributed by atoms with Gasteiger partial charge in [-0.25, -0.2) is 4.68 Å². The van der Waals surface area contributed by atoms with Crippen LogP contribution >= 0.6 is 0 Å². The summed E-state index contributed by atoms with van der Waals surface area (Å²) in [6.07, 6.45) is 11.1. The number of carbonyl (C=O) groups is 1. The Kier molecular flexibility index (Phi) is 5.49. The largest absolute Gasteiger partial charge is 0.379 e. The molecule has 0 spiro atoms. The molecule has 9 atom stereocenters. The summed E-state index contributed by atoms with van der Waals surface area (Å²) in [5.41, 5.74) is 2.46. The van der Waals surface area contributed by atoms with E-state index in [1.165, 1.54) is 51.4 Å². The van der Waals surface area contributed by atoms with Crippen LogP contribution < -0.4 is 0 Å². The van der Waals surface area contributed by atoms with E-state index in [9.17, 15) is 4.79 Å². The second-order valence-electron chi connectivity index (χ2n) is 13.3. The smallest absolute Gasteiger partial charge is 0.160 e. The summed E-state index contributed by atoms with van der Waals surface area (Å²) in [5.74, 6) is 3.57. The topological polar surface area (TPSA) is 57.0 Å². The first-order valence-electron chi connectivity index (χ1n) is 14.1. The number of aromatic nitrogens is 3. The van der Waals surface area contributed by atoms with Crippen molar-refractivity contribution in [3.63, 3.8) is 0 Å².